The van der Waals surface area contributed by atoms with E-state index in [0.717, 1.165) is 6.42 Å². The summed E-state index contributed by atoms with van der Waals surface area (Å²) in [6.45, 7) is 6.65. The van der Waals surface area contributed by atoms with E-state index in [1.807, 2.05) is 39.0 Å². The van der Waals surface area contributed by atoms with Crippen molar-refractivity contribution in [3.8, 4) is 0 Å². The van der Waals surface area contributed by atoms with Crippen molar-refractivity contribution in [1.82, 2.24) is 10.2 Å². The Morgan fingerprint density at radius 1 is 1.24 bits per heavy atom. The number of carbonyl (C=O) groups is 2. The number of hydrogen-bond donors (Lipinski definition) is 1. The van der Waals surface area contributed by atoms with E-state index in [9.17, 15) is 9.59 Å². The van der Waals surface area contributed by atoms with Crippen LogP contribution < -0.4 is 5.32 Å². The zero-order chi connectivity index (χ0) is 15.5. The Balaban J connectivity index is 1.86. The molecule has 5 heteroatoms. The van der Waals surface area contributed by atoms with Crippen LogP contribution in [0.1, 0.15) is 37.6 Å². The Kier molecular flexibility index (Phi) is 4.50. The number of nitrogens with one attached hydrogen (secondary N) is 1. The molecule has 1 fully saturated rings. The maximum atomic E-state index is 12.3. The third-order valence-corrected chi connectivity index (χ3v) is 3.22. The van der Waals surface area contributed by atoms with Gasteiger partial charge in [-0.15, -0.1) is 0 Å². The zero-order valence-electron chi connectivity index (χ0n) is 12.8. The molecule has 1 N–H and O–H groups in total. The predicted molar refractivity (Wildman–Crippen MR) is 80.1 cm³/mol. The number of alkyl carbamates (subject to hydrolysis) is 1. The molecule has 0 bridgehead atoms. The van der Waals surface area contributed by atoms with Crippen LogP contribution in [0.2, 0.25) is 0 Å². The molecule has 1 atom stereocenters. The van der Waals surface area contributed by atoms with Crippen molar-refractivity contribution in [3.63, 3.8) is 0 Å². The quantitative estimate of drug-likeness (QED) is 0.910. The molecule has 0 spiro atoms. The van der Waals surface area contributed by atoms with E-state index in [1.165, 1.54) is 0 Å². The van der Waals surface area contributed by atoms with Gasteiger partial charge in [0.1, 0.15) is 5.60 Å². The highest BCUT2D eigenvalue weighted by Crippen LogP contribution is 2.14. The van der Waals surface area contributed by atoms with Crippen LogP contribution in [0.4, 0.5) is 4.79 Å². The molecule has 21 heavy (non-hydrogen) atoms. The van der Waals surface area contributed by atoms with Crippen LogP contribution in [0.5, 0.6) is 0 Å². The molecule has 2 amide bonds. The van der Waals surface area contributed by atoms with Gasteiger partial charge in [0.15, 0.2) is 0 Å². The van der Waals surface area contributed by atoms with E-state index >= 15 is 0 Å². The highest BCUT2D eigenvalue weighted by molar-refractivity contribution is 5.94. The molecule has 1 aliphatic rings. The van der Waals surface area contributed by atoms with Crippen LogP contribution >= 0.6 is 0 Å². The number of likely N-dealkylation sites (tertiary alicyclic amines) is 1. The number of benzene rings is 1. The molecular formula is C16H22N2O3. The van der Waals surface area contributed by atoms with E-state index in [2.05, 4.69) is 5.32 Å². The fraction of sp³-hybridized carbons (Fsp3) is 0.500. The largest absolute Gasteiger partial charge is 0.444 e. The summed E-state index contributed by atoms with van der Waals surface area (Å²) in [6, 6.07) is 9.13. The second kappa shape index (κ2) is 6.16. The monoisotopic (exact) mass is 290 g/mol. The van der Waals surface area contributed by atoms with E-state index in [4.69, 9.17) is 4.74 Å². The lowest BCUT2D eigenvalue weighted by atomic mass is 10.2. The van der Waals surface area contributed by atoms with Crippen LogP contribution in [0.25, 0.3) is 0 Å². The van der Waals surface area contributed by atoms with Gasteiger partial charge in [-0.1, -0.05) is 18.2 Å². The van der Waals surface area contributed by atoms with Crippen molar-refractivity contribution in [3.05, 3.63) is 35.9 Å². The van der Waals surface area contributed by atoms with Crippen molar-refractivity contribution >= 4 is 12.0 Å². The van der Waals surface area contributed by atoms with Gasteiger partial charge in [-0.2, -0.15) is 0 Å². The fourth-order valence-corrected chi connectivity index (χ4v) is 2.30. The molecule has 1 aliphatic heterocycles. The first kappa shape index (κ1) is 15.4. The third kappa shape index (κ3) is 4.48. The summed E-state index contributed by atoms with van der Waals surface area (Å²) in [6.07, 6.45) is 0.319. The first-order valence-corrected chi connectivity index (χ1v) is 7.19. The zero-order valence-corrected chi connectivity index (χ0v) is 12.8. The fourth-order valence-electron chi connectivity index (χ4n) is 2.30. The Labute approximate surface area is 125 Å². The maximum Gasteiger partial charge on any atom is 0.407 e. The minimum Gasteiger partial charge on any atom is -0.444 e. The molecule has 1 saturated heterocycles. The van der Waals surface area contributed by atoms with Gasteiger partial charge in [0.25, 0.3) is 5.91 Å². The lowest BCUT2D eigenvalue weighted by Gasteiger charge is -2.22. The third-order valence-electron chi connectivity index (χ3n) is 3.22. The molecule has 2 rings (SSSR count). The van der Waals surface area contributed by atoms with Gasteiger partial charge in [0.2, 0.25) is 0 Å². The van der Waals surface area contributed by atoms with Gasteiger partial charge < -0.3 is 15.0 Å². The van der Waals surface area contributed by atoms with Gasteiger partial charge >= 0.3 is 6.09 Å². The average Bonchev–Trinajstić information content (AvgIpc) is 2.85. The summed E-state index contributed by atoms with van der Waals surface area (Å²) >= 11 is 0. The van der Waals surface area contributed by atoms with Gasteiger partial charge in [0, 0.05) is 18.7 Å². The molecule has 1 aromatic rings. The Hall–Kier alpha value is -2.04. The number of hydrogen-bond acceptors (Lipinski definition) is 3. The first-order chi connectivity index (χ1) is 9.85. The summed E-state index contributed by atoms with van der Waals surface area (Å²) in [5.41, 5.74) is 0.165. The number of carbonyl (C=O) groups excluding carboxylic acids is 2. The van der Waals surface area contributed by atoms with Crippen molar-refractivity contribution in [1.29, 1.82) is 0 Å². The Bertz CT molecular complexity index is 508. The maximum absolute atomic E-state index is 12.3. The van der Waals surface area contributed by atoms with Crippen molar-refractivity contribution in [2.24, 2.45) is 0 Å². The number of ether oxygens (including phenoxy) is 1. The van der Waals surface area contributed by atoms with Crippen molar-refractivity contribution in [2.75, 3.05) is 13.1 Å². The predicted octanol–water partition coefficient (Wildman–Crippen LogP) is 2.43. The van der Waals surface area contributed by atoms with Crippen LogP contribution in [-0.2, 0) is 4.74 Å². The number of rotatable bonds is 2. The topological polar surface area (TPSA) is 58.6 Å². The molecular weight excluding hydrogens is 268 g/mol. The second-order valence-electron chi connectivity index (χ2n) is 6.25. The van der Waals surface area contributed by atoms with Crippen molar-refractivity contribution < 1.29 is 14.3 Å². The van der Waals surface area contributed by atoms with E-state index in [0.29, 0.717) is 18.7 Å². The molecule has 0 aliphatic carbocycles. The highest BCUT2D eigenvalue weighted by atomic mass is 16.6. The molecule has 1 heterocycles. The van der Waals surface area contributed by atoms with E-state index in [-0.39, 0.29) is 11.9 Å². The number of amides is 2. The first-order valence-electron chi connectivity index (χ1n) is 7.19. The summed E-state index contributed by atoms with van der Waals surface area (Å²) in [7, 11) is 0. The van der Waals surface area contributed by atoms with E-state index in [1.54, 1.807) is 17.0 Å². The molecule has 0 unspecified atom stereocenters. The van der Waals surface area contributed by atoms with Gasteiger partial charge in [-0.3, -0.25) is 4.79 Å². The summed E-state index contributed by atoms with van der Waals surface area (Å²) < 4.78 is 5.23. The minimum atomic E-state index is -0.512. The van der Waals surface area contributed by atoms with Crippen molar-refractivity contribution in [2.45, 2.75) is 38.8 Å². The van der Waals surface area contributed by atoms with Crippen LogP contribution in [0.15, 0.2) is 30.3 Å². The van der Waals surface area contributed by atoms with Gasteiger partial charge in [-0.05, 0) is 39.3 Å². The second-order valence-corrected chi connectivity index (χ2v) is 6.25. The number of nitrogens with zero attached hydrogens (tertiary/aromatic N) is 1. The molecule has 114 valence electrons. The molecule has 1 aromatic carbocycles. The summed E-state index contributed by atoms with van der Waals surface area (Å²) in [4.78, 5) is 25.8. The molecule has 5 nitrogen and oxygen atoms in total. The van der Waals surface area contributed by atoms with Crippen LogP contribution in [-0.4, -0.2) is 41.6 Å². The van der Waals surface area contributed by atoms with E-state index < -0.39 is 11.7 Å². The smallest absolute Gasteiger partial charge is 0.407 e. The standard InChI is InChI=1S/C16H22N2O3/c1-16(2,3)21-15(20)17-13-9-10-18(11-13)14(19)12-7-5-4-6-8-12/h4-8,13H,9-11H2,1-3H3,(H,17,20)/t13-/m1/s1. The highest BCUT2D eigenvalue weighted by Gasteiger charge is 2.29. The van der Waals surface area contributed by atoms with Crippen LogP contribution in [0, 0.1) is 0 Å². The normalized spacial score (nSPS) is 18.4. The molecule has 0 aromatic heterocycles. The lowest BCUT2D eigenvalue weighted by Crippen LogP contribution is -2.41. The molecule has 0 radical (unpaired) electrons. The van der Waals surface area contributed by atoms with Gasteiger partial charge in [-0.25, -0.2) is 4.79 Å². The summed E-state index contributed by atoms with van der Waals surface area (Å²) in [5, 5.41) is 2.82. The SMILES string of the molecule is CC(C)(C)OC(=O)N[C@@H]1CCN(C(=O)c2ccccc2)C1. The molecule has 0 saturated carbocycles. The lowest BCUT2D eigenvalue weighted by molar-refractivity contribution is 0.0502. The summed E-state index contributed by atoms with van der Waals surface area (Å²) in [5.74, 6) is 0.00379. The van der Waals surface area contributed by atoms with Crippen LogP contribution in [0.3, 0.4) is 0 Å². The minimum absolute atomic E-state index is 0.00379. The average molecular weight is 290 g/mol. The Morgan fingerprint density at radius 3 is 2.52 bits per heavy atom. The van der Waals surface area contributed by atoms with Gasteiger partial charge in [0.05, 0.1) is 6.04 Å². The Morgan fingerprint density at radius 2 is 1.90 bits per heavy atom.